The van der Waals surface area contributed by atoms with Gasteiger partial charge in [0.2, 0.25) is 0 Å². The molecule has 0 bridgehead atoms. The normalized spacial score (nSPS) is 11.7. The molecule has 0 aliphatic heterocycles. The molecule has 15 nitrogen and oxygen atoms in total. The van der Waals surface area contributed by atoms with E-state index in [0.29, 0.717) is 152 Å². The molecule has 0 aromatic carbocycles. The molecule has 0 N–H and O–H groups in total. The first-order chi connectivity index (χ1) is 26.3. The van der Waals surface area contributed by atoms with Gasteiger partial charge in [-0.25, -0.2) is 0 Å². The molecular formula is C39H76O15. The summed E-state index contributed by atoms with van der Waals surface area (Å²) in [4.78, 5) is 23.3. The maximum Gasteiger partial charge on any atom is 0.308 e. The summed E-state index contributed by atoms with van der Waals surface area (Å²) < 4.78 is 70.5. The lowest BCUT2D eigenvalue weighted by Crippen LogP contribution is -2.24. The molecule has 0 aliphatic rings. The third kappa shape index (κ3) is 46.7. The first kappa shape index (κ1) is 52.5. The Hall–Kier alpha value is -1.50. The molecule has 0 unspecified atom stereocenters. The van der Waals surface area contributed by atoms with E-state index in [9.17, 15) is 9.59 Å². The summed E-state index contributed by atoms with van der Waals surface area (Å²) in [5.74, 6) is -0.412. The molecule has 15 heteroatoms. The van der Waals surface area contributed by atoms with Crippen LogP contribution in [0.1, 0.15) is 85.5 Å². The van der Waals surface area contributed by atoms with E-state index < -0.39 is 5.60 Å². The predicted molar refractivity (Wildman–Crippen MR) is 203 cm³/mol. The van der Waals surface area contributed by atoms with Crippen molar-refractivity contribution in [1.82, 2.24) is 0 Å². The van der Waals surface area contributed by atoms with Crippen molar-refractivity contribution in [2.75, 3.05) is 152 Å². The number of esters is 2. The van der Waals surface area contributed by atoms with Crippen molar-refractivity contribution < 1.29 is 71.2 Å². The Morgan fingerprint density at radius 2 is 0.611 bits per heavy atom. The van der Waals surface area contributed by atoms with E-state index in [1.54, 1.807) is 0 Å². The highest BCUT2D eigenvalue weighted by Gasteiger charge is 2.15. The maximum atomic E-state index is 11.7. The van der Waals surface area contributed by atoms with Crippen LogP contribution in [-0.2, 0) is 71.2 Å². The SMILES string of the molecule is CCCCCCCCCC(=O)OCCOCCOCCOCCOCCOCCOCCOCCOCCOCCOCCOCCC(=O)OC(C)(C)C. The van der Waals surface area contributed by atoms with Crippen LogP contribution in [-0.4, -0.2) is 169 Å². The number of rotatable bonds is 44. The Morgan fingerprint density at radius 3 is 0.926 bits per heavy atom. The van der Waals surface area contributed by atoms with Crippen molar-refractivity contribution in [2.24, 2.45) is 0 Å². The Labute approximate surface area is 325 Å². The molecule has 322 valence electrons. The number of unbranched alkanes of at least 4 members (excludes halogenated alkanes) is 6. The quantitative estimate of drug-likeness (QED) is 0.0625. The number of carbonyl (C=O) groups is 2. The van der Waals surface area contributed by atoms with Gasteiger partial charge < -0.3 is 61.6 Å². The van der Waals surface area contributed by atoms with E-state index >= 15 is 0 Å². The van der Waals surface area contributed by atoms with E-state index in [1.165, 1.54) is 32.1 Å². The summed E-state index contributed by atoms with van der Waals surface area (Å²) in [5.41, 5.74) is -0.477. The standard InChI is InChI=1S/C39H76O15/c1-5-6-7-8-9-10-11-12-37(40)53-36-35-52-34-33-51-32-31-50-30-29-49-28-27-48-26-25-47-24-23-46-22-21-45-20-19-44-18-17-43-16-15-42-14-13-38(41)54-39(2,3)4/h5-36H2,1-4H3. The fourth-order valence-electron chi connectivity index (χ4n) is 4.36. The van der Waals surface area contributed by atoms with Crippen LogP contribution < -0.4 is 0 Å². The molecule has 0 atom stereocenters. The second-order valence-corrected chi connectivity index (χ2v) is 13.2. The highest BCUT2D eigenvalue weighted by molar-refractivity contribution is 5.70. The highest BCUT2D eigenvalue weighted by Crippen LogP contribution is 2.09. The van der Waals surface area contributed by atoms with Gasteiger partial charge in [-0.05, 0) is 27.2 Å². The second-order valence-electron chi connectivity index (χ2n) is 13.2. The van der Waals surface area contributed by atoms with Crippen LogP contribution >= 0.6 is 0 Å². The van der Waals surface area contributed by atoms with E-state index in [-0.39, 0.29) is 25.0 Å². The van der Waals surface area contributed by atoms with E-state index in [0.717, 1.165) is 12.8 Å². The molecule has 0 aromatic rings. The van der Waals surface area contributed by atoms with Gasteiger partial charge in [-0.1, -0.05) is 45.4 Å². The summed E-state index contributed by atoms with van der Waals surface area (Å²) in [6, 6.07) is 0. The zero-order chi connectivity index (χ0) is 39.5. The summed E-state index contributed by atoms with van der Waals surface area (Å²) >= 11 is 0. The van der Waals surface area contributed by atoms with Crippen LogP contribution in [0.5, 0.6) is 0 Å². The van der Waals surface area contributed by atoms with Crippen LogP contribution in [0.25, 0.3) is 0 Å². The van der Waals surface area contributed by atoms with E-state index in [4.69, 9.17) is 61.6 Å². The molecule has 0 fully saturated rings. The highest BCUT2D eigenvalue weighted by atomic mass is 16.6. The van der Waals surface area contributed by atoms with Gasteiger partial charge in [0.25, 0.3) is 0 Å². The van der Waals surface area contributed by atoms with Gasteiger partial charge in [0.1, 0.15) is 12.2 Å². The molecule has 0 aliphatic carbocycles. The minimum Gasteiger partial charge on any atom is -0.463 e. The largest absolute Gasteiger partial charge is 0.463 e. The van der Waals surface area contributed by atoms with Gasteiger partial charge in [-0.2, -0.15) is 0 Å². The molecule has 0 amide bonds. The lowest BCUT2D eigenvalue weighted by molar-refractivity contribution is -0.156. The number of hydrogen-bond acceptors (Lipinski definition) is 15. The number of hydrogen-bond donors (Lipinski definition) is 0. The molecule has 0 heterocycles. The molecule has 0 saturated heterocycles. The molecule has 0 saturated carbocycles. The number of carbonyl (C=O) groups excluding carboxylic acids is 2. The monoisotopic (exact) mass is 785 g/mol. The smallest absolute Gasteiger partial charge is 0.308 e. The van der Waals surface area contributed by atoms with Crippen molar-refractivity contribution in [3.63, 3.8) is 0 Å². The lowest BCUT2D eigenvalue weighted by atomic mass is 10.1. The van der Waals surface area contributed by atoms with Gasteiger partial charge in [-0.3, -0.25) is 9.59 Å². The first-order valence-corrected chi connectivity index (χ1v) is 20.1. The van der Waals surface area contributed by atoms with Crippen LogP contribution in [0.15, 0.2) is 0 Å². The van der Waals surface area contributed by atoms with E-state index in [1.807, 2.05) is 20.8 Å². The van der Waals surface area contributed by atoms with Crippen molar-refractivity contribution in [3.8, 4) is 0 Å². The molecule has 0 aromatic heterocycles. The summed E-state index contributed by atoms with van der Waals surface area (Å²) in [6.07, 6.45) is 9.00. The van der Waals surface area contributed by atoms with Crippen molar-refractivity contribution in [3.05, 3.63) is 0 Å². The second kappa shape index (κ2) is 42.6. The number of ether oxygens (including phenoxy) is 13. The van der Waals surface area contributed by atoms with Gasteiger partial charge in [0.05, 0.1) is 152 Å². The predicted octanol–water partition coefficient (Wildman–Crippen LogP) is 4.58. The van der Waals surface area contributed by atoms with Crippen molar-refractivity contribution >= 4 is 11.9 Å². The Kier molecular flexibility index (Phi) is 41.5. The molecule has 54 heavy (non-hydrogen) atoms. The Balaban J connectivity index is 3.13. The zero-order valence-corrected chi connectivity index (χ0v) is 34.3. The third-order valence-electron chi connectivity index (χ3n) is 7.07. The minimum absolute atomic E-state index is 0.145. The van der Waals surface area contributed by atoms with Crippen molar-refractivity contribution in [2.45, 2.75) is 91.1 Å². The summed E-state index contributed by atoms with van der Waals surface area (Å²) in [5, 5.41) is 0. The molecule has 0 radical (unpaired) electrons. The van der Waals surface area contributed by atoms with Gasteiger partial charge in [0, 0.05) is 6.42 Å². The Bertz CT molecular complexity index is 782. The Morgan fingerprint density at radius 1 is 0.333 bits per heavy atom. The summed E-state index contributed by atoms with van der Waals surface area (Å²) in [7, 11) is 0. The average Bonchev–Trinajstić information content (AvgIpc) is 3.13. The molecular weight excluding hydrogens is 708 g/mol. The van der Waals surface area contributed by atoms with Crippen LogP contribution in [0.4, 0.5) is 0 Å². The third-order valence-corrected chi connectivity index (χ3v) is 7.07. The fraction of sp³-hybridized carbons (Fsp3) is 0.949. The minimum atomic E-state index is -0.477. The maximum absolute atomic E-state index is 11.7. The van der Waals surface area contributed by atoms with Crippen LogP contribution in [0, 0.1) is 0 Å². The van der Waals surface area contributed by atoms with Gasteiger partial charge in [-0.15, -0.1) is 0 Å². The summed E-state index contributed by atoms with van der Waals surface area (Å²) in [6.45, 7) is 18.2. The first-order valence-electron chi connectivity index (χ1n) is 20.1. The average molecular weight is 785 g/mol. The van der Waals surface area contributed by atoms with Crippen LogP contribution in [0.2, 0.25) is 0 Å². The van der Waals surface area contributed by atoms with Gasteiger partial charge in [0.15, 0.2) is 0 Å². The van der Waals surface area contributed by atoms with Gasteiger partial charge >= 0.3 is 11.9 Å². The fourth-order valence-corrected chi connectivity index (χ4v) is 4.36. The molecule has 0 spiro atoms. The van der Waals surface area contributed by atoms with Crippen LogP contribution in [0.3, 0.4) is 0 Å². The zero-order valence-electron chi connectivity index (χ0n) is 34.3. The molecule has 0 rings (SSSR count). The van der Waals surface area contributed by atoms with Crippen molar-refractivity contribution in [1.29, 1.82) is 0 Å². The van der Waals surface area contributed by atoms with E-state index in [2.05, 4.69) is 6.92 Å². The topological polar surface area (TPSA) is 154 Å². The lowest BCUT2D eigenvalue weighted by Gasteiger charge is -2.19.